The van der Waals surface area contributed by atoms with Gasteiger partial charge in [-0.2, -0.15) is 0 Å². The Hall–Kier alpha value is -0.410. The Labute approximate surface area is 148 Å². The molecule has 0 atom stereocenters. The minimum atomic E-state index is 0. The van der Waals surface area contributed by atoms with Gasteiger partial charge < -0.3 is 15.0 Å². The second-order valence-electron chi connectivity index (χ2n) is 5.09. The molecule has 0 spiro atoms. The number of hydrogen-bond donors (Lipinski definition) is 1. The lowest BCUT2D eigenvalue weighted by Gasteiger charge is -2.26. The van der Waals surface area contributed by atoms with E-state index >= 15 is 0 Å². The van der Waals surface area contributed by atoms with Crippen molar-refractivity contribution in [2.45, 2.75) is 25.8 Å². The predicted octanol–water partition coefficient (Wildman–Crippen LogP) is 2.59. The summed E-state index contributed by atoms with van der Waals surface area (Å²) in [6.07, 6.45) is 5.43. The van der Waals surface area contributed by atoms with Crippen molar-refractivity contribution in [2.24, 2.45) is 10.9 Å². The lowest BCUT2D eigenvalue weighted by molar-refractivity contribution is 0.0625. The first-order valence-electron chi connectivity index (χ1n) is 7.17. The summed E-state index contributed by atoms with van der Waals surface area (Å²) in [5.74, 6) is 1.73. The van der Waals surface area contributed by atoms with Crippen LogP contribution >= 0.6 is 35.3 Å². The van der Waals surface area contributed by atoms with E-state index in [0.717, 1.165) is 43.2 Å². The SMILES string of the molecule is CN=C(NCc1nccs1)N(C)CCC1CCOCC1.I. The minimum absolute atomic E-state index is 0. The maximum atomic E-state index is 5.40. The smallest absolute Gasteiger partial charge is 0.193 e. The minimum Gasteiger partial charge on any atom is -0.381 e. The maximum absolute atomic E-state index is 5.40. The summed E-state index contributed by atoms with van der Waals surface area (Å²) in [6, 6.07) is 0. The molecule has 1 aliphatic heterocycles. The quantitative estimate of drug-likeness (QED) is 0.449. The average Bonchev–Trinajstić information content (AvgIpc) is 3.00. The second kappa shape index (κ2) is 10.3. The summed E-state index contributed by atoms with van der Waals surface area (Å²) in [4.78, 5) is 10.8. The van der Waals surface area contributed by atoms with Crippen LogP contribution in [0.4, 0.5) is 0 Å². The Morgan fingerprint density at radius 3 is 2.90 bits per heavy atom. The van der Waals surface area contributed by atoms with Crippen LogP contribution in [0.25, 0.3) is 0 Å². The largest absolute Gasteiger partial charge is 0.381 e. The van der Waals surface area contributed by atoms with Gasteiger partial charge in [-0.15, -0.1) is 35.3 Å². The Balaban J connectivity index is 0.00000220. The summed E-state index contributed by atoms with van der Waals surface area (Å²) in [6.45, 7) is 3.62. The third-order valence-corrected chi connectivity index (χ3v) is 4.45. The average molecular weight is 424 g/mol. The molecule has 2 heterocycles. The molecule has 0 aromatic carbocycles. The number of aromatic nitrogens is 1. The number of rotatable bonds is 5. The molecule has 1 saturated heterocycles. The molecule has 0 unspecified atom stereocenters. The van der Waals surface area contributed by atoms with Gasteiger partial charge in [0.25, 0.3) is 0 Å². The van der Waals surface area contributed by atoms with Crippen molar-refractivity contribution in [3.8, 4) is 0 Å². The highest BCUT2D eigenvalue weighted by molar-refractivity contribution is 14.0. The third kappa shape index (κ3) is 6.48. The molecule has 5 nitrogen and oxygen atoms in total. The summed E-state index contributed by atoms with van der Waals surface area (Å²) >= 11 is 1.66. The van der Waals surface area contributed by atoms with E-state index in [0.29, 0.717) is 0 Å². The highest BCUT2D eigenvalue weighted by Crippen LogP contribution is 2.18. The molecule has 0 radical (unpaired) electrons. The van der Waals surface area contributed by atoms with Crippen molar-refractivity contribution < 1.29 is 4.74 Å². The van der Waals surface area contributed by atoms with E-state index in [4.69, 9.17) is 4.74 Å². The molecule has 120 valence electrons. The fourth-order valence-corrected chi connectivity index (χ4v) is 2.95. The fraction of sp³-hybridized carbons (Fsp3) is 0.714. The van der Waals surface area contributed by atoms with Gasteiger partial charge in [0.1, 0.15) is 5.01 Å². The lowest BCUT2D eigenvalue weighted by atomic mass is 9.96. The van der Waals surface area contributed by atoms with Gasteiger partial charge in [-0.25, -0.2) is 4.98 Å². The van der Waals surface area contributed by atoms with E-state index in [1.165, 1.54) is 19.3 Å². The highest BCUT2D eigenvalue weighted by Gasteiger charge is 2.15. The van der Waals surface area contributed by atoms with E-state index in [2.05, 4.69) is 27.2 Å². The monoisotopic (exact) mass is 424 g/mol. The first-order valence-corrected chi connectivity index (χ1v) is 8.05. The van der Waals surface area contributed by atoms with Crippen LogP contribution in [0.15, 0.2) is 16.6 Å². The fourth-order valence-electron chi connectivity index (χ4n) is 2.40. The molecule has 7 heteroatoms. The van der Waals surface area contributed by atoms with Crippen molar-refractivity contribution in [1.82, 2.24) is 15.2 Å². The Kier molecular flexibility index (Phi) is 9.18. The molecule has 2 rings (SSSR count). The Morgan fingerprint density at radius 2 is 2.29 bits per heavy atom. The van der Waals surface area contributed by atoms with Gasteiger partial charge in [0, 0.05) is 45.4 Å². The summed E-state index contributed by atoms with van der Waals surface area (Å²) < 4.78 is 5.40. The summed E-state index contributed by atoms with van der Waals surface area (Å²) in [5.41, 5.74) is 0. The molecule has 1 N–H and O–H groups in total. The zero-order valence-electron chi connectivity index (χ0n) is 12.7. The molecule has 0 amide bonds. The van der Waals surface area contributed by atoms with E-state index < -0.39 is 0 Å². The summed E-state index contributed by atoms with van der Waals surface area (Å²) in [7, 11) is 3.92. The van der Waals surface area contributed by atoms with Crippen LogP contribution in [-0.2, 0) is 11.3 Å². The van der Waals surface area contributed by atoms with Gasteiger partial charge in [0.05, 0.1) is 6.54 Å². The number of nitrogens with zero attached hydrogens (tertiary/aromatic N) is 3. The molecule has 0 saturated carbocycles. The van der Waals surface area contributed by atoms with Gasteiger partial charge in [0.2, 0.25) is 0 Å². The van der Waals surface area contributed by atoms with Crippen molar-refractivity contribution in [2.75, 3.05) is 33.9 Å². The molecule has 0 bridgehead atoms. The van der Waals surface area contributed by atoms with Crippen LogP contribution in [0.3, 0.4) is 0 Å². The summed E-state index contributed by atoms with van der Waals surface area (Å²) in [5, 5.41) is 6.44. The zero-order valence-corrected chi connectivity index (χ0v) is 15.9. The molecule has 1 aromatic heterocycles. The van der Waals surface area contributed by atoms with Crippen LogP contribution in [-0.4, -0.2) is 49.7 Å². The van der Waals surface area contributed by atoms with Crippen LogP contribution < -0.4 is 5.32 Å². The zero-order chi connectivity index (χ0) is 14.2. The lowest BCUT2D eigenvalue weighted by Crippen LogP contribution is -2.39. The maximum Gasteiger partial charge on any atom is 0.193 e. The third-order valence-electron chi connectivity index (χ3n) is 3.67. The number of halogens is 1. The highest BCUT2D eigenvalue weighted by atomic mass is 127. The van der Waals surface area contributed by atoms with Crippen molar-refractivity contribution in [3.05, 3.63) is 16.6 Å². The van der Waals surface area contributed by atoms with E-state index in [1.807, 2.05) is 18.6 Å². The second-order valence-corrected chi connectivity index (χ2v) is 6.07. The number of nitrogens with one attached hydrogen (secondary N) is 1. The van der Waals surface area contributed by atoms with Gasteiger partial charge in [0.15, 0.2) is 5.96 Å². The van der Waals surface area contributed by atoms with Gasteiger partial charge in [-0.05, 0) is 25.2 Å². The number of guanidine groups is 1. The van der Waals surface area contributed by atoms with E-state index in [1.54, 1.807) is 11.3 Å². The molecule has 21 heavy (non-hydrogen) atoms. The standard InChI is InChI=1S/C14H24N4OS.HI/c1-15-14(17-11-13-16-6-10-20-13)18(2)7-3-12-4-8-19-9-5-12;/h6,10,12H,3-5,7-9,11H2,1-2H3,(H,15,17);1H. The first-order chi connectivity index (χ1) is 9.79. The molecule has 1 aromatic rings. The van der Waals surface area contributed by atoms with Gasteiger partial charge in [-0.3, -0.25) is 4.99 Å². The van der Waals surface area contributed by atoms with E-state index in [9.17, 15) is 0 Å². The van der Waals surface area contributed by atoms with Crippen molar-refractivity contribution in [1.29, 1.82) is 0 Å². The molecule has 1 aliphatic rings. The van der Waals surface area contributed by atoms with Crippen molar-refractivity contribution in [3.63, 3.8) is 0 Å². The van der Waals surface area contributed by atoms with E-state index in [-0.39, 0.29) is 24.0 Å². The van der Waals surface area contributed by atoms with Crippen LogP contribution in [0.5, 0.6) is 0 Å². The van der Waals surface area contributed by atoms with Crippen molar-refractivity contribution >= 4 is 41.3 Å². The Morgan fingerprint density at radius 1 is 1.52 bits per heavy atom. The normalized spacial score (nSPS) is 16.4. The van der Waals surface area contributed by atoms with Crippen LogP contribution in [0.1, 0.15) is 24.3 Å². The van der Waals surface area contributed by atoms with Crippen LogP contribution in [0.2, 0.25) is 0 Å². The molecule has 0 aliphatic carbocycles. The first kappa shape index (κ1) is 18.6. The number of thiazole rings is 1. The number of aliphatic imine (C=N–C) groups is 1. The predicted molar refractivity (Wildman–Crippen MR) is 98.5 cm³/mol. The molecular formula is C14H25IN4OS. The topological polar surface area (TPSA) is 49.8 Å². The number of ether oxygens (including phenoxy) is 1. The molecule has 1 fully saturated rings. The van der Waals surface area contributed by atoms with Gasteiger partial charge >= 0.3 is 0 Å². The molecular weight excluding hydrogens is 399 g/mol. The van der Waals surface area contributed by atoms with Crippen LogP contribution in [0, 0.1) is 5.92 Å². The Bertz CT molecular complexity index is 407. The van der Waals surface area contributed by atoms with Gasteiger partial charge in [-0.1, -0.05) is 0 Å². The number of hydrogen-bond acceptors (Lipinski definition) is 4.